The van der Waals surface area contributed by atoms with Gasteiger partial charge in [0.15, 0.2) is 11.2 Å². The van der Waals surface area contributed by atoms with Crippen molar-refractivity contribution in [2.45, 2.75) is 31.8 Å². The van der Waals surface area contributed by atoms with Gasteiger partial charge in [0.1, 0.15) is 5.82 Å². The number of aromatic amines is 1. The Morgan fingerprint density at radius 1 is 1.30 bits per heavy atom. The Morgan fingerprint density at radius 2 is 2.05 bits per heavy atom. The summed E-state index contributed by atoms with van der Waals surface area (Å²) >= 11 is 0. The van der Waals surface area contributed by atoms with Crippen molar-refractivity contribution in [1.82, 2.24) is 19.1 Å². The van der Waals surface area contributed by atoms with E-state index < -0.39 is 5.69 Å². The third kappa shape index (κ3) is 2.29. The maximum absolute atomic E-state index is 11.9. The summed E-state index contributed by atoms with van der Waals surface area (Å²) in [6.07, 6.45) is 4.43. The summed E-state index contributed by atoms with van der Waals surface area (Å²) in [5.74, 6) is 0.836. The molecule has 1 N–H and O–H groups in total. The molecule has 1 aliphatic rings. The van der Waals surface area contributed by atoms with Crippen molar-refractivity contribution >= 4 is 11.2 Å². The topological polar surface area (TPSA) is 85.2 Å². The summed E-state index contributed by atoms with van der Waals surface area (Å²) in [5.41, 5.74) is 0.0863. The Hall–Kier alpha value is -1.89. The molecule has 1 fully saturated rings. The molecular formula is C13H18N4O3. The minimum Gasteiger partial charge on any atom is -0.373 e. The Balaban J connectivity index is 1.85. The van der Waals surface area contributed by atoms with Gasteiger partial charge in [0.25, 0.3) is 5.56 Å². The van der Waals surface area contributed by atoms with Gasteiger partial charge in [-0.3, -0.25) is 14.3 Å². The van der Waals surface area contributed by atoms with Crippen molar-refractivity contribution in [3.8, 4) is 0 Å². The number of hydrogen-bond acceptors (Lipinski definition) is 4. The predicted molar refractivity (Wildman–Crippen MR) is 73.9 cm³/mol. The molecule has 0 bridgehead atoms. The highest BCUT2D eigenvalue weighted by molar-refractivity contribution is 5.70. The molecule has 108 valence electrons. The minimum absolute atomic E-state index is 0.379. The molecule has 0 aromatic carbocycles. The van der Waals surface area contributed by atoms with Gasteiger partial charge in [0.2, 0.25) is 0 Å². The number of aryl methyl sites for hydroxylation is 3. The van der Waals surface area contributed by atoms with Crippen molar-refractivity contribution in [1.29, 1.82) is 0 Å². The number of rotatable bonds is 5. The second kappa shape index (κ2) is 4.90. The van der Waals surface area contributed by atoms with Crippen LogP contribution in [0.5, 0.6) is 0 Å². The summed E-state index contributed by atoms with van der Waals surface area (Å²) in [7, 11) is 3.43. The van der Waals surface area contributed by atoms with E-state index >= 15 is 0 Å². The molecule has 20 heavy (non-hydrogen) atoms. The van der Waals surface area contributed by atoms with Crippen molar-refractivity contribution in [2.24, 2.45) is 14.1 Å². The zero-order valence-electron chi connectivity index (χ0n) is 11.7. The molecule has 1 atom stereocenters. The maximum Gasteiger partial charge on any atom is 0.329 e. The number of epoxide rings is 1. The Labute approximate surface area is 115 Å². The molecule has 3 heterocycles. The fourth-order valence-electron chi connectivity index (χ4n) is 2.47. The molecule has 2 aromatic rings. The van der Waals surface area contributed by atoms with Gasteiger partial charge in [-0.05, 0) is 12.8 Å². The monoisotopic (exact) mass is 278 g/mol. The lowest BCUT2D eigenvalue weighted by Crippen LogP contribution is -2.29. The average molecular weight is 278 g/mol. The first-order chi connectivity index (χ1) is 9.58. The number of imidazole rings is 1. The summed E-state index contributed by atoms with van der Waals surface area (Å²) in [4.78, 5) is 30.2. The van der Waals surface area contributed by atoms with E-state index in [0.717, 1.165) is 38.1 Å². The number of H-pyrrole nitrogens is 1. The van der Waals surface area contributed by atoms with E-state index in [4.69, 9.17) is 4.74 Å². The van der Waals surface area contributed by atoms with Crippen molar-refractivity contribution in [3.05, 3.63) is 26.7 Å². The van der Waals surface area contributed by atoms with Gasteiger partial charge >= 0.3 is 5.69 Å². The summed E-state index contributed by atoms with van der Waals surface area (Å²) in [5, 5.41) is 0. The smallest absolute Gasteiger partial charge is 0.329 e. The minimum atomic E-state index is -0.432. The van der Waals surface area contributed by atoms with Crippen LogP contribution in [0.1, 0.15) is 25.1 Å². The van der Waals surface area contributed by atoms with E-state index in [0.29, 0.717) is 17.3 Å². The lowest BCUT2D eigenvalue weighted by Gasteiger charge is -2.01. The SMILES string of the molecule is Cn1c(CCCCC2CO2)nc2c1c(=O)[nH]c(=O)n2C. The van der Waals surface area contributed by atoms with Crippen LogP contribution >= 0.6 is 0 Å². The van der Waals surface area contributed by atoms with Crippen molar-refractivity contribution in [2.75, 3.05) is 6.61 Å². The molecule has 0 radical (unpaired) electrons. The molecular weight excluding hydrogens is 260 g/mol. The van der Waals surface area contributed by atoms with Crippen LogP contribution in [0.2, 0.25) is 0 Å². The number of nitrogens with zero attached hydrogens (tertiary/aromatic N) is 3. The maximum atomic E-state index is 11.9. The molecule has 0 amide bonds. The van der Waals surface area contributed by atoms with Crippen LogP contribution in [0, 0.1) is 0 Å². The fraction of sp³-hybridized carbons (Fsp3) is 0.615. The van der Waals surface area contributed by atoms with Gasteiger partial charge < -0.3 is 9.30 Å². The van der Waals surface area contributed by atoms with Crippen LogP contribution in [0.25, 0.3) is 11.2 Å². The largest absolute Gasteiger partial charge is 0.373 e. The van der Waals surface area contributed by atoms with Crippen LogP contribution in [0.3, 0.4) is 0 Å². The van der Waals surface area contributed by atoms with Crippen molar-refractivity contribution in [3.63, 3.8) is 0 Å². The molecule has 3 rings (SSSR count). The molecule has 0 aliphatic carbocycles. The van der Waals surface area contributed by atoms with E-state index in [1.165, 1.54) is 4.57 Å². The second-order valence-corrected chi connectivity index (χ2v) is 5.28. The van der Waals surface area contributed by atoms with Gasteiger partial charge in [-0.1, -0.05) is 6.42 Å². The lowest BCUT2D eigenvalue weighted by atomic mass is 10.1. The van der Waals surface area contributed by atoms with Gasteiger partial charge in [0, 0.05) is 20.5 Å². The summed E-state index contributed by atoms with van der Waals surface area (Å²) in [6.45, 7) is 0.893. The van der Waals surface area contributed by atoms with E-state index in [2.05, 4.69) is 9.97 Å². The van der Waals surface area contributed by atoms with E-state index in [1.54, 1.807) is 11.6 Å². The lowest BCUT2D eigenvalue weighted by molar-refractivity contribution is 0.389. The van der Waals surface area contributed by atoms with Gasteiger partial charge in [-0.25, -0.2) is 9.78 Å². The number of unbranched alkanes of at least 4 members (excludes halogenated alkanes) is 1. The summed E-state index contributed by atoms with van der Waals surface area (Å²) < 4.78 is 8.33. The van der Waals surface area contributed by atoms with Gasteiger partial charge in [-0.15, -0.1) is 0 Å². The Kier molecular flexibility index (Phi) is 3.21. The van der Waals surface area contributed by atoms with Crippen LogP contribution in [0.4, 0.5) is 0 Å². The van der Waals surface area contributed by atoms with Crippen LogP contribution in [-0.2, 0) is 25.3 Å². The van der Waals surface area contributed by atoms with Gasteiger partial charge in [-0.2, -0.15) is 0 Å². The normalized spacial score (nSPS) is 17.8. The Bertz CT molecular complexity index is 751. The van der Waals surface area contributed by atoms with Crippen LogP contribution in [-0.4, -0.2) is 31.8 Å². The third-order valence-corrected chi connectivity index (χ3v) is 3.81. The third-order valence-electron chi connectivity index (χ3n) is 3.81. The number of ether oxygens (including phenoxy) is 1. The standard InChI is InChI=1S/C13H18N4O3/c1-16-9(6-4-3-5-8-7-20-8)14-11-10(16)12(18)15-13(19)17(11)2/h8H,3-7H2,1-2H3,(H,15,18,19). The summed E-state index contributed by atoms with van der Waals surface area (Å²) in [6, 6.07) is 0. The van der Waals surface area contributed by atoms with Crippen LogP contribution < -0.4 is 11.2 Å². The second-order valence-electron chi connectivity index (χ2n) is 5.28. The number of nitrogens with one attached hydrogen (secondary N) is 1. The molecule has 1 aliphatic heterocycles. The van der Waals surface area contributed by atoms with Crippen molar-refractivity contribution < 1.29 is 4.74 Å². The molecule has 1 unspecified atom stereocenters. The number of hydrogen-bond donors (Lipinski definition) is 1. The zero-order chi connectivity index (χ0) is 14.3. The molecule has 2 aromatic heterocycles. The highest BCUT2D eigenvalue weighted by atomic mass is 16.6. The fourth-order valence-corrected chi connectivity index (χ4v) is 2.47. The van der Waals surface area contributed by atoms with Crippen LogP contribution in [0.15, 0.2) is 9.59 Å². The zero-order valence-corrected chi connectivity index (χ0v) is 11.7. The van der Waals surface area contributed by atoms with E-state index in [-0.39, 0.29) is 5.56 Å². The van der Waals surface area contributed by atoms with E-state index in [1.807, 2.05) is 7.05 Å². The van der Waals surface area contributed by atoms with Gasteiger partial charge in [0.05, 0.1) is 12.7 Å². The number of aromatic nitrogens is 4. The molecule has 7 heteroatoms. The Morgan fingerprint density at radius 3 is 2.75 bits per heavy atom. The predicted octanol–water partition coefficient (Wildman–Crippen LogP) is 0.0719. The average Bonchev–Trinajstić information content (AvgIpc) is 3.16. The van der Waals surface area contributed by atoms with E-state index in [9.17, 15) is 9.59 Å². The molecule has 7 nitrogen and oxygen atoms in total. The highest BCUT2D eigenvalue weighted by Crippen LogP contribution is 2.18. The first kappa shape index (κ1) is 13.1. The number of fused-ring (bicyclic) bond motifs is 1. The first-order valence-corrected chi connectivity index (χ1v) is 6.84. The first-order valence-electron chi connectivity index (χ1n) is 6.84. The quantitative estimate of drug-likeness (QED) is 0.619. The molecule has 0 saturated carbocycles. The highest BCUT2D eigenvalue weighted by Gasteiger charge is 2.21. The molecule has 0 spiro atoms. The molecule has 1 saturated heterocycles.